The third kappa shape index (κ3) is 6.70. The summed E-state index contributed by atoms with van der Waals surface area (Å²) < 4.78 is 59.8. The lowest BCUT2D eigenvalue weighted by Gasteiger charge is -2.31. The van der Waals surface area contributed by atoms with Gasteiger partial charge in [-0.15, -0.1) is 23.1 Å². The normalized spacial score (nSPS) is 24.4. The number of carbonyl (C=O) groups is 1. The standard InChI is InChI=1S/C25H35N3O7S4/c1-27(2)39(32,33)28-14-13-25(38(30,31)17-15-28,18-23(29)26-35-24-6-4-5-16-34-24)22-12-11-21(37-22)19-7-9-20(36-3)10-8-19/h7-12,24H,4-6,13-18H2,1-3H3,(H,26,29). The molecule has 0 aliphatic carbocycles. The van der Waals surface area contributed by atoms with Crippen LogP contribution in [0.3, 0.4) is 0 Å². The van der Waals surface area contributed by atoms with Crippen LogP contribution < -0.4 is 5.48 Å². The summed E-state index contributed by atoms with van der Waals surface area (Å²) in [5.74, 6) is -1.01. The largest absolute Gasteiger partial charge is 0.350 e. The van der Waals surface area contributed by atoms with Crippen molar-refractivity contribution in [1.82, 2.24) is 14.1 Å². The van der Waals surface area contributed by atoms with Gasteiger partial charge in [-0.05, 0) is 55.3 Å². The molecule has 2 aliphatic rings. The summed E-state index contributed by atoms with van der Waals surface area (Å²) in [7, 11) is -5.00. The number of carbonyl (C=O) groups excluding carboxylic acids is 1. The molecule has 2 fully saturated rings. The van der Waals surface area contributed by atoms with Gasteiger partial charge in [0.25, 0.3) is 10.2 Å². The predicted molar refractivity (Wildman–Crippen MR) is 153 cm³/mol. The van der Waals surface area contributed by atoms with Crippen LogP contribution >= 0.6 is 23.1 Å². The predicted octanol–water partition coefficient (Wildman–Crippen LogP) is 3.22. The second-order valence-electron chi connectivity index (χ2n) is 9.76. The third-order valence-electron chi connectivity index (χ3n) is 7.08. The van der Waals surface area contributed by atoms with Crippen LogP contribution in [0.25, 0.3) is 10.4 Å². The van der Waals surface area contributed by atoms with Gasteiger partial charge in [0.1, 0.15) is 4.75 Å². The summed E-state index contributed by atoms with van der Waals surface area (Å²) in [6.07, 6.45) is 3.40. The fourth-order valence-corrected chi connectivity index (χ4v) is 9.98. The van der Waals surface area contributed by atoms with Gasteiger partial charge in [0.15, 0.2) is 16.1 Å². The summed E-state index contributed by atoms with van der Waals surface area (Å²) in [5, 5.41) is 0. The van der Waals surface area contributed by atoms with Gasteiger partial charge in [-0.1, -0.05) is 12.1 Å². The van der Waals surface area contributed by atoms with Crippen LogP contribution in [0.15, 0.2) is 41.3 Å². The molecule has 1 aromatic heterocycles. The van der Waals surface area contributed by atoms with E-state index >= 15 is 0 Å². The van der Waals surface area contributed by atoms with E-state index in [-0.39, 0.29) is 19.5 Å². The number of hydrogen-bond acceptors (Lipinski definition) is 9. The number of nitrogens with one attached hydrogen (secondary N) is 1. The molecule has 14 heteroatoms. The molecule has 2 saturated heterocycles. The number of thiophene rings is 1. The molecule has 4 rings (SSSR count). The van der Waals surface area contributed by atoms with Crippen LogP contribution in [0.2, 0.25) is 0 Å². The van der Waals surface area contributed by atoms with Gasteiger partial charge in [-0.2, -0.15) is 17.0 Å². The molecule has 1 amide bonds. The molecular formula is C25H35N3O7S4. The summed E-state index contributed by atoms with van der Waals surface area (Å²) in [6.45, 7) is 0.299. The number of ether oxygens (including phenoxy) is 1. The molecule has 1 aromatic carbocycles. The number of benzene rings is 1. The van der Waals surface area contributed by atoms with Crippen LogP contribution in [0, 0.1) is 0 Å². The molecule has 0 bridgehead atoms. The van der Waals surface area contributed by atoms with Gasteiger partial charge >= 0.3 is 0 Å². The van der Waals surface area contributed by atoms with Crippen molar-refractivity contribution in [1.29, 1.82) is 0 Å². The summed E-state index contributed by atoms with van der Waals surface area (Å²) in [4.78, 5) is 21.1. The Morgan fingerprint density at radius 1 is 1.21 bits per heavy atom. The van der Waals surface area contributed by atoms with E-state index in [2.05, 4.69) is 5.48 Å². The van der Waals surface area contributed by atoms with Gasteiger partial charge in [0, 0.05) is 54.9 Å². The molecular weight excluding hydrogens is 583 g/mol. The Morgan fingerprint density at radius 3 is 2.59 bits per heavy atom. The molecule has 2 unspecified atom stereocenters. The smallest absolute Gasteiger partial charge is 0.281 e. The van der Waals surface area contributed by atoms with Gasteiger partial charge in [-0.25, -0.2) is 18.7 Å². The van der Waals surface area contributed by atoms with Crippen molar-refractivity contribution < 1.29 is 31.2 Å². The number of sulfone groups is 1. The fourth-order valence-electron chi connectivity index (χ4n) is 4.74. The Balaban J connectivity index is 1.67. The van der Waals surface area contributed by atoms with Crippen molar-refractivity contribution in [3.8, 4) is 10.4 Å². The maximum absolute atomic E-state index is 14.0. The minimum Gasteiger partial charge on any atom is -0.350 e. The highest BCUT2D eigenvalue weighted by Gasteiger charge is 2.50. The minimum atomic E-state index is -3.98. The van der Waals surface area contributed by atoms with Crippen molar-refractivity contribution in [2.24, 2.45) is 0 Å². The van der Waals surface area contributed by atoms with E-state index in [1.807, 2.05) is 36.6 Å². The molecule has 0 saturated carbocycles. The van der Waals surface area contributed by atoms with E-state index in [0.717, 1.165) is 32.5 Å². The first-order chi connectivity index (χ1) is 18.5. The second-order valence-corrected chi connectivity index (χ2v) is 16.3. The van der Waals surface area contributed by atoms with E-state index in [0.29, 0.717) is 17.9 Å². The molecule has 2 aromatic rings. The maximum atomic E-state index is 14.0. The first-order valence-corrected chi connectivity index (χ1v) is 17.8. The van der Waals surface area contributed by atoms with Crippen molar-refractivity contribution in [2.45, 2.75) is 48.0 Å². The Labute approximate surface area is 239 Å². The lowest BCUT2D eigenvalue weighted by Crippen LogP contribution is -2.43. The highest BCUT2D eigenvalue weighted by atomic mass is 32.2. The first-order valence-electron chi connectivity index (χ1n) is 12.7. The molecule has 39 heavy (non-hydrogen) atoms. The number of hydrogen-bond donors (Lipinski definition) is 1. The highest BCUT2D eigenvalue weighted by Crippen LogP contribution is 2.45. The quantitative estimate of drug-likeness (QED) is 0.336. The van der Waals surface area contributed by atoms with Gasteiger partial charge in [0.2, 0.25) is 5.91 Å². The third-order valence-corrected chi connectivity index (χ3v) is 13.7. The molecule has 10 nitrogen and oxygen atoms in total. The van der Waals surface area contributed by atoms with Gasteiger partial charge < -0.3 is 4.74 Å². The monoisotopic (exact) mass is 617 g/mol. The van der Waals surface area contributed by atoms with Crippen LogP contribution in [0.1, 0.15) is 37.0 Å². The summed E-state index contributed by atoms with van der Waals surface area (Å²) >= 11 is 2.94. The van der Waals surface area contributed by atoms with Crippen LogP contribution in [0.5, 0.6) is 0 Å². The first kappa shape index (κ1) is 30.4. The number of hydroxylamine groups is 1. The van der Waals surface area contributed by atoms with E-state index in [1.54, 1.807) is 17.8 Å². The van der Waals surface area contributed by atoms with Crippen LogP contribution in [-0.4, -0.2) is 83.4 Å². The number of thioether (sulfide) groups is 1. The van der Waals surface area contributed by atoms with E-state index in [9.17, 15) is 21.6 Å². The van der Waals surface area contributed by atoms with E-state index in [4.69, 9.17) is 9.57 Å². The zero-order chi connectivity index (χ0) is 28.3. The Bertz CT molecular complexity index is 1350. The van der Waals surface area contributed by atoms with Crippen molar-refractivity contribution >= 4 is 49.1 Å². The Hall–Kier alpha value is -1.52. The van der Waals surface area contributed by atoms with Crippen molar-refractivity contribution in [3.63, 3.8) is 0 Å². The van der Waals surface area contributed by atoms with Crippen LogP contribution in [0.4, 0.5) is 0 Å². The summed E-state index contributed by atoms with van der Waals surface area (Å²) in [5.41, 5.74) is 3.33. The van der Waals surface area contributed by atoms with Gasteiger partial charge in [-0.3, -0.25) is 4.79 Å². The zero-order valence-corrected chi connectivity index (χ0v) is 25.6. The second kappa shape index (κ2) is 12.6. The maximum Gasteiger partial charge on any atom is 0.281 e. The average molecular weight is 618 g/mol. The highest BCUT2D eigenvalue weighted by molar-refractivity contribution is 7.98. The zero-order valence-electron chi connectivity index (χ0n) is 22.3. The Morgan fingerprint density at radius 2 is 1.95 bits per heavy atom. The molecule has 2 atom stereocenters. The average Bonchev–Trinajstić information content (AvgIpc) is 3.37. The van der Waals surface area contributed by atoms with Crippen molar-refractivity contribution in [2.75, 3.05) is 45.8 Å². The summed E-state index contributed by atoms with van der Waals surface area (Å²) in [6, 6.07) is 11.6. The SMILES string of the molecule is CSc1ccc(-c2ccc(C3(CC(=O)NOC4CCCCO4)CCN(S(=O)(=O)N(C)C)CCS3(=O)=O)s2)cc1. The topological polar surface area (TPSA) is 122 Å². The molecule has 2 aliphatic heterocycles. The van der Waals surface area contributed by atoms with E-state index < -0.39 is 49.2 Å². The molecule has 3 heterocycles. The molecule has 216 valence electrons. The minimum absolute atomic E-state index is 0.0464. The van der Waals surface area contributed by atoms with E-state index in [1.165, 1.54) is 29.7 Å². The molecule has 0 radical (unpaired) electrons. The van der Waals surface area contributed by atoms with Crippen molar-refractivity contribution in [3.05, 3.63) is 41.3 Å². The lowest BCUT2D eigenvalue weighted by molar-refractivity contribution is -0.200. The van der Waals surface area contributed by atoms with Gasteiger partial charge in [0.05, 0.1) is 12.2 Å². The Kier molecular flexibility index (Phi) is 9.80. The number of nitrogens with zero attached hydrogens (tertiary/aromatic N) is 2. The lowest BCUT2D eigenvalue weighted by atomic mass is 9.97. The fraction of sp³-hybridized carbons (Fsp3) is 0.560. The molecule has 0 spiro atoms. The number of amides is 1. The molecule has 1 N–H and O–H groups in total. The van der Waals surface area contributed by atoms with Crippen LogP contribution in [-0.2, 0) is 39.2 Å². The number of rotatable bonds is 9.